The smallest absolute Gasteiger partial charge is 0.189 e. The van der Waals surface area contributed by atoms with E-state index in [4.69, 9.17) is 0 Å². The summed E-state index contributed by atoms with van der Waals surface area (Å²) in [6.07, 6.45) is 4.39. The molecule has 0 N–H and O–H groups in total. The van der Waals surface area contributed by atoms with Gasteiger partial charge in [-0.3, -0.25) is 0 Å². The predicted molar refractivity (Wildman–Crippen MR) is 128 cm³/mol. The number of benzene rings is 3. The van der Waals surface area contributed by atoms with Gasteiger partial charge in [0.15, 0.2) is 0 Å². The van der Waals surface area contributed by atoms with Crippen LogP contribution in [0.4, 0.5) is 5.69 Å². The molecule has 0 saturated carbocycles. The molecule has 0 radical (unpaired) electrons. The molecule has 0 aliphatic carbocycles. The molecular weight excluding hydrogens is 461 g/mol. The summed E-state index contributed by atoms with van der Waals surface area (Å²) in [5.41, 5.74) is 4.99. The molecule has 3 aromatic carbocycles. The van der Waals surface area contributed by atoms with Crippen molar-refractivity contribution in [2.75, 3.05) is 7.05 Å². The predicted octanol–water partition coefficient (Wildman–Crippen LogP) is 7.08. The van der Waals surface area contributed by atoms with E-state index < -0.39 is 0 Å². The average molecular weight is 480 g/mol. The summed E-state index contributed by atoms with van der Waals surface area (Å²) in [5.74, 6) is 0. The summed E-state index contributed by atoms with van der Waals surface area (Å²) >= 11 is 4.32. The van der Waals surface area contributed by atoms with Crippen molar-refractivity contribution in [3.63, 3.8) is 0 Å². The van der Waals surface area contributed by atoms with E-state index in [0.717, 1.165) is 0 Å². The molecule has 0 amide bonds. The number of rotatable bonds is 3. The standard InChI is InChI=1S/C24H19INS/c1-26-21-15-9-8-14-20(21)24(23(25)19-12-6-3-7-13-19)27-22(26)17-16-18-10-4-2-5-11-18/h2-17H,1H3/q+1/b17-16+,24-23+. The highest BCUT2D eigenvalue weighted by atomic mass is 127. The van der Waals surface area contributed by atoms with E-state index in [1.807, 2.05) is 17.8 Å². The maximum absolute atomic E-state index is 2.48. The first kappa shape index (κ1) is 18.3. The number of nitrogens with zero attached hydrogens (tertiary/aromatic N) is 1. The third kappa shape index (κ3) is 3.94. The third-order valence-electron chi connectivity index (χ3n) is 4.49. The first-order valence-electron chi connectivity index (χ1n) is 8.80. The minimum absolute atomic E-state index is 1.21. The van der Waals surface area contributed by atoms with E-state index in [-0.39, 0.29) is 0 Å². The Labute approximate surface area is 178 Å². The normalized spacial score (nSPS) is 15.8. The van der Waals surface area contributed by atoms with Crippen molar-refractivity contribution in [3.8, 4) is 0 Å². The van der Waals surface area contributed by atoms with Crippen LogP contribution in [-0.2, 0) is 0 Å². The number of hydrogen-bond donors (Lipinski definition) is 0. The van der Waals surface area contributed by atoms with Crippen LogP contribution in [0.1, 0.15) is 16.7 Å². The van der Waals surface area contributed by atoms with E-state index in [1.54, 1.807) is 0 Å². The molecule has 1 aliphatic rings. The van der Waals surface area contributed by atoms with Gasteiger partial charge >= 0.3 is 0 Å². The van der Waals surface area contributed by atoms with Gasteiger partial charge in [-0.2, -0.15) is 4.58 Å². The first-order valence-corrected chi connectivity index (χ1v) is 10.7. The van der Waals surface area contributed by atoms with Crippen LogP contribution in [0, 0.1) is 0 Å². The molecular formula is C24H19INS+. The lowest BCUT2D eigenvalue weighted by atomic mass is 10.1. The second-order valence-electron chi connectivity index (χ2n) is 6.27. The zero-order valence-corrected chi connectivity index (χ0v) is 17.9. The summed E-state index contributed by atoms with van der Waals surface area (Å²) < 4.78 is 3.56. The van der Waals surface area contributed by atoms with E-state index >= 15 is 0 Å². The number of hydrogen-bond acceptors (Lipinski definition) is 1. The van der Waals surface area contributed by atoms with Gasteiger partial charge in [-0.05, 0) is 57.6 Å². The van der Waals surface area contributed by atoms with E-state index in [9.17, 15) is 0 Å². The van der Waals surface area contributed by atoms with Gasteiger partial charge in [0.05, 0.1) is 5.56 Å². The van der Waals surface area contributed by atoms with Gasteiger partial charge in [-0.25, -0.2) is 0 Å². The maximum Gasteiger partial charge on any atom is 0.245 e. The molecule has 132 valence electrons. The molecule has 3 aromatic rings. The van der Waals surface area contributed by atoms with Crippen molar-refractivity contribution in [2.45, 2.75) is 0 Å². The number of thioether (sulfide) groups is 1. The third-order valence-corrected chi connectivity index (χ3v) is 7.27. The van der Waals surface area contributed by atoms with Crippen molar-refractivity contribution in [3.05, 3.63) is 108 Å². The molecule has 0 spiro atoms. The Bertz CT molecular complexity index is 1050. The van der Waals surface area contributed by atoms with Gasteiger partial charge in [-0.15, -0.1) is 0 Å². The average Bonchev–Trinajstić information content (AvgIpc) is 2.74. The summed E-state index contributed by atoms with van der Waals surface area (Å²) in [6.45, 7) is 0. The van der Waals surface area contributed by atoms with Crippen LogP contribution >= 0.6 is 34.4 Å². The van der Waals surface area contributed by atoms with Gasteiger partial charge < -0.3 is 0 Å². The summed E-state index contributed by atoms with van der Waals surface area (Å²) in [5, 5.41) is 1.22. The zero-order valence-electron chi connectivity index (χ0n) is 15.0. The van der Waals surface area contributed by atoms with Gasteiger partial charge in [0.1, 0.15) is 7.05 Å². The largest absolute Gasteiger partial charge is 0.245 e. The van der Waals surface area contributed by atoms with Gasteiger partial charge in [0.25, 0.3) is 0 Å². The van der Waals surface area contributed by atoms with Crippen molar-refractivity contribution in [1.82, 2.24) is 0 Å². The molecule has 1 heterocycles. The van der Waals surface area contributed by atoms with E-state index in [1.165, 1.54) is 35.9 Å². The number of halogens is 1. The highest BCUT2D eigenvalue weighted by Gasteiger charge is 2.28. The zero-order chi connectivity index (χ0) is 18.6. The molecule has 0 atom stereocenters. The van der Waals surface area contributed by atoms with Crippen molar-refractivity contribution in [2.24, 2.45) is 0 Å². The first-order chi connectivity index (χ1) is 13.2. The summed E-state index contributed by atoms with van der Waals surface area (Å²) in [7, 11) is 2.14. The molecule has 0 saturated heterocycles. The lowest BCUT2D eigenvalue weighted by Gasteiger charge is -2.17. The SMILES string of the molecule is C[N+]1=C(/C=C/c2ccccc2)S/C(=C(/I)c2ccccc2)c2ccccc21. The van der Waals surface area contributed by atoms with Crippen LogP contribution in [0.3, 0.4) is 0 Å². The molecule has 3 heteroatoms. The molecule has 0 fully saturated rings. The van der Waals surface area contributed by atoms with Crippen molar-refractivity contribution >= 4 is 59.6 Å². The van der Waals surface area contributed by atoms with E-state index in [2.05, 4.69) is 125 Å². The molecule has 0 aromatic heterocycles. The Morgan fingerprint density at radius 1 is 0.815 bits per heavy atom. The second kappa shape index (κ2) is 8.28. The Morgan fingerprint density at radius 3 is 2.19 bits per heavy atom. The Morgan fingerprint density at radius 2 is 1.44 bits per heavy atom. The fourth-order valence-corrected chi connectivity index (χ4v) is 5.11. The van der Waals surface area contributed by atoms with Gasteiger partial charge in [0.2, 0.25) is 10.7 Å². The topological polar surface area (TPSA) is 3.01 Å². The highest BCUT2D eigenvalue weighted by Crippen LogP contribution is 2.46. The minimum Gasteiger partial charge on any atom is -0.189 e. The maximum atomic E-state index is 2.48. The van der Waals surface area contributed by atoms with Crippen LogP contribution in [0.15, 0.2) is 91.0 Å². The van der Waals surface area contributed by atoms with Crippen LogP contribution in [-0.4, -0.2) is 16.7 Å². The molecule has 1 aliphatic heterocycles. The Hall–Kier alpha value is -2.11. The highest BCUT2D eigenvalue weighted by molar-refractivity contribution is 14.1. The fourth-order valence-electron chi connectivity index (χ4n) is 3.06. The van der Waals surface area contributed by atoms with Crippen LogP contribution in [0.5, 0.6) is 0 Å². The molecule has 0 bridgehead atoms. The van der Waals surface area contributed by atoms with E-state index in [0.29, 0.717) is 0 Å². The van der Waals surface area contributed by atoms with Crippen LogP contribution in [0.25, 0.3) is 14.6 Å². The summed E-state index contributed by atoms with van der Waals surface area (Å²) in [6, 6.07) is 29.7. The molecule has 1 nitrogen and oxygen atoms in total. The lowest BCUT2D eigenvalue weighted by molar-refractivity contribution is -0.401. The van der Waals surface area contributed by atoms with Gasteiger partial charge in [0, 0.05) is 20.6 Å². The fraction of sp³-hybridized carbons (Fsp3) is 0.0417. The van der Waals surface area contributed by atoms with Crippen molar-refractivity contribution in [1.29, 1.82) is 0 Å². The molecule has 27 heavy (non-hydrogen) atoms. The Kier molecular flexibility index (Phi) is 5.60. The summed E-state index contributed by atoms with van der Waals surface area (Å²) in [4.78, 5) is 1.31. The monoisotopic (exact) mass is 480 g/mol. The van der Waals surface area contributed by atoms with Crippen LogP contribution in [0.2, 0.25) is 0 Å². The van der Waals surface area contributed by atoms with Crippen LogP contribution < -0.4 is 0 Å². The Balaban J connectivity index is 1.82. The van der Waals surface area contributed by atoms with Gasteiger partial charge in [-0.1, -0.05) is 72.8 Å². The number of para-hydroxylation sites is 1. The van der Waals surface area contributed by atoms with Crippen molar-refractivity contribution < 1.29 is 4.58 Å². The second-order valence-corrected chi connectivity index (χ2v) is 8.38. The lowest BCUT2D eigenvalue weighted by Crippen LogP contribution is -2.13. The molecule has 0 unspecified atom stereocenters. The molecule has 4 rings (SSSR count). The minimum atomic E-state index is 1.21. The number of fused-ring (bicyclic) bond motifs is 1. The quantitative estimate of drug-likeness (QED) is 0.286.